The van der Waals surface area contributed by atoms with Gasteiger partial charge in [0.25, 0.3) is 0 Å². The summed E-state index contributed by atoms with van der Waals surface area (Å²) in [6.45, 7) is 2.04. The van der Waals surface area contributed by atoms with Crippen LogP contribution < -0.4 is 11.1 Å². The number of amides is 1. The molecule has 94 valence electrons. The van der Waals surface area contributed by atoms with E-state index in [9.17, 15) is 4.79 Å². The Bertz CT molecular complexity index is 391. The van der Waals surface area contributed by atoms with Gasteiger partial charge in [0.2, 0.25) is 11.8 Å². The molecular formula is C11H18N4O2. The van der Waals surface area contributed by atoms with E-state index in [1.807, 2.05) is 0 Å². The first-order valence-electron chi connectivity index (χ1n) is 5.97. The molecule has 0 saturated heterocycles. The van der Waals surface area contributed by atoms with E-state index in [0.29, 0.717) is 18.3 Å². The van der Waals surface area contributed by atoms with Crippen LogP contribution in [0.1, 0.15) is 37.4 Å². The molecule has 1 aromatic heterocycles. The van der Waals surface area contributed by atoms with Gasteiger partial charge in [0.15, 0.2) is 5.82 Å². The third kappa shape index (κ3) is 3.26. The Morgan fingerprint density at radius 1 is 1.59 bits per heavy atom. The summed E-state index contributed by atoms with van der Waals surface area (Å²) in [5.41, 5.74) is 5.85. The summed E-state index contributed by atoms with van der Waals surface area (Å²) in [5, 5.41) is 6.55. The Morgan fingerprint density at radius 2 is 2.41 bits per heavy atom. The molecule has 1 fully saturated rings. The zero-order valence-corrected chi connectivity index (χ0v) is 9.98. The van der Waals surface area contributed by atoms with Gasteiger partial charge in [0, 0.05) is 18.9 Å². The van der Waals surface area contributed by atoms with Crippen LogP contribution in [-0.4, -0.2) is 22.1 Å². The molecule has 1 heterocycles. The number of hydrogen-bond acceptors (Lipinski definition) is 5. The second-order valence-corrected chi connectivity index (χ2v) is 4.57. The van der Waals surface area contributed by atoms with Crippen molar-refractivity contribution in [2.75, 3.05) is 0 Å². The van der Waals surface area contributed by atoms with Crippen molar-refractivity contribution in [3.8, 4) is 0 Å². The van der Waals surface area contributed by atoms with Crippen molar-refractivity contribution in [1.82, 2.24) is 15.5 Å². The molecule has 2 atom stereocenters. The molecule has 17 heavy (non-hydrogen) atoms. The Kier molecular flexibility index (Phi) is 3.73. The first kappa shape index (κ1) is 12.0. The summed E-state index contributed by atoms with van der Waals surface area (Å²) in [7, 11) is 0. The van der Waals surface area contributed by atoms with Crippen LogP contribution in [0.15, 0.2) is 4.52 Å². The molecule has 1 aliphatic carbocycles. The van der Waals surface area contributed by atoms with Gasteiger partial charge in [-0.1, -0.05) is 11.6 Å². The Hall–Kier alpha value is -1.43. The van der Waals surface area contributed by atoms with Crippen LogP contribution >= 0.6 is 0 Å². The second-order valence-electron chi connectivity index (χ2n) is 4.57. The molecule has 6 heteroatoms. The zero-order chi connectivity index (χ0) is 12.3. The molecule has 1 amide bonds. The zero-order valence-electron chi connectivity index (χ0n) is 9.98. The molecule has 0 aliphatic heterocycles. The number of aromatic nitrogens is 2. The molecule has 0 spiro atoms. The third-order valence-corrected chi connectivity index (χ3v) is 3.08. The van der Waals surface area contributed by atoms with Crippen molar-refractivity contribution in [2.45, 2.75) is 45.2 Å². The smallest absolute Gasteiger partial charge is 0.223 e. The summed E-state index contributed by atoms with van der Waals surface area (Å²) >= 11 is 0. The molecule has 0 radical (unpaired) electrons. The van der Waals surface area contributed by atoms with Crippen LogP contribution in [0.5, 0.6) is 0 Å². The summed E-state index contributed by atoms with van der Waals surface area (Å²) in [4.78, 5) is 15.9. The van der Waals surface area contributed by atoms with Crippen LogP contribution in [0, 0.1) is 12.8 Å². The summed E-state index contributed by atoms with van der Waals surface area (Å²) in [6.07, 6.45) is 3.75. The molecule has 0 aromatic carbocycles. The summed E-state index contributed by atoms with van der Waals surface area (Å²) in [6, 6.07) is 0.159. The average molecular weight is 238 g/mol. The maximum atomic E-state index is 11.9. The first-order valence-corrected chi connectivity index (χ1v) is 5.97. The minimum atomic E-state index is 0.0340. The highest BCUT2D eigenvalue weighted by atomic mass is 16.5. The lowest BCUT2D eigenvalue weighted by Gasteiger charge is -2.25. The molecule has 3 N–H and O–H groups in total. The van der Waals surface area contributed by atoms with E-state index in [1.165, 1.54) is 0 Å². The molecule has 1 aliphatic rings. The van der Waals surface area contributed by atoms with Gasteiger partial charge in [-0.05, 0) is 19.3 Å². The molecule has 1 saturated carbocycles. The van der Waals surface area contributed by atoms with Crippen LogP contribution in [0.3, 0.4) is 0 Å². The minimum absolute atomic E-state index is 0.0340. The molecule has 1 aromatic rings. The van der Waals surface area contributed by atoms with E-state index in [-0.39, 0.29) is 17.9 Å². The van der Waals surface area contributed by atoms with E-state index < -0.39 is 0 Å². The number of carbonyl (C=O) groups is 1. The molecular weight excluding hydrogens is 220 g/mol. The fraction of sp³-hybridized carbons (Fsp3) is 0.727. The van der Waals surface area contributed by atoms with E-state index >= 15 is 0 Å². The van der Waals surface area contributed by atoms with Crippen LogP contribution in [0.4, 0.5) is 0 Å². The third-order valence-electron chi connectivity index (χ3n) is 3.08. The highest BCUT2D eigenvalue weighted by molar-refractivity contribution is 5.78. The van der Waals surface area contributed by atoms with Crippen molar-refractivity contribution in [2.24, 2.45) is 11.7 Å². The number of rotatable bonds is 3. The predicted molar refractivity (Wildman–Crippen MR) is 60.8 cm³/mol. The number of nitrogens with two attached hydrogens (primary N) is 1. The largest absolute Gasteiger partial charge is 0.348 e. The lowest BCUT2D eigenvalue weighted by Crippen LogP contribution is -2.37. The minimum Gasteiger partial charge on any atom is -0.348 e. The number of aryl methyl sites for hydroxylation is 1. The van der Waals surface area contributed by atoms with Crippen molar-refractivity contribution in [1.29, 1.82) is 0 Å². The lowest BCUT2D eigenvalue weighted by molar-refractivity contribution is -0.126. The van der Waals surface area contributed by atoms with Gasteiger partial charge in [0.1, 0.15) is 0 Å². The van der Waals surface area contributed by atoms with E-state index in [2.05, 4.69) is 15.5 Å². The van der Waals surface area contributed by atoms with Crippen LogP contribution in [0.25, 0.3) is 0 Å². The predicted octanol–water partition coefficient (Wildman–Crippen LogP) is 0.512. The highest BCUT2D eigenvalue weighted by Crippen LogP contribution is 2.23. The highest BCUT2D eigenvalue weighted by Gasteiger charge is 2.25. The van der Waals surface area contributed by atoms with Gasteiger partial charge >= 0.3 is 0 Å². The van der Waals surface area contributed by atoms with Gasteiger partial charge in [-0.25, -0.2) is 0 Å². The second kappa shape index (κ2) is 5.27. The van der Waals surface area contributed by atoms with Crippen LogP contribution in [0.2, 0.25) is 0 Å². The van der Waals surface area contributed by atoms with Gasteiger partial charge in [-0.3, -0.25) is 4.79 Å². The fourth-order valence-electron chi connectivity index (χ4n) is 2.19. The van der Waals surface area contributed by atoms with Crippen molar-refractivity contribution in [3.05, 3.63) is 11.7 Å². The molecule has 2 unspecified atom stereocenters. The van der Waals surface area contributed by atoms with Crippen LogP contribution in [-0.2, 0) is 11.3 Å². The molecule has 6 nitrogen and oxygen atoms in total. The number of nitrogens with zero attached hydrogens (tertiary/aromatic N) is 2. The normalized spacial score (nSPS) is 24.6. The monoisotopic (exact) mass is 238 g/mol. The quantitative estimate of drug-likeness (QED) is 0.800. The average Bonchev–Trinajstić information content (AvgIpc) is 2.72. The fourth-order valence-corrected chi connectivity index (χ4v) is 2.19. The van der Waals surface area contributed by atoms with Gasteiger partial charge in [-0.2, -0.15) is 4.98 Å². The Morgan fingerprint density at radius 3 is 3.06 bits per heavy atom. The molecule has 0 bridgehead atoms. The van der Waals surface area contributed by atoms with E-state index in [0.717, 1.165) is 25.7 Å². The standard InChI is InChI=1S/C11H18N4O2/c1-7-14-10(15-17-7)6-13-11(16)8-3-2-4-9(12)5-8/h8-9H,2-6,12H2,1H3,(H,13,16). The van der Waals surface area contributed by atoms with Gasteiger partial charge in [0.05, 0.1) is 6.54 Å². The van der Waals surface area contributed by atoms with Gasteiger partial charge in [-0.15, -0.1) is 0 Å². The molecule has 2 rings (SSSR count). The lowest BCUT2D eigenvalue weighted by atomic mass is 9.85. The SMILES string of the molecule is Cc1nc(CNC(=O)C2CCCC(N)C2)no1. The van der Waals surface area contributed by atoms with E-state index in [4.69, 9.17) is 10.3 Å². The van der Waals surface area contributed by atoms with Gasteiger partial charge < -0.3 is 15.6 Å². The maximum absolute atomic E-state index is 11.9. The maximum Gasteiger partial charge on any atom is 0.223 e. The number of carbonyl (C=O) groups excluding carboxylic acids is 1. The Labute approximate surface area is 99.9 Å². The topological polar surface area (TPSA) is 94.0 Å². The van der Waals surface area contributed by atoms with Crippen molar-refractivity contribution < 1.29 is 9.32 Å². The van der Waals surface area contributed by atoms with Crippen molar-refractivity contribution >= 4 is 5.91 Å². The first-order chi connectivity index (χ1) is 8.15. The van der Waals surface area contributed by atoms with E-state index in [1.54, 1.807) is 6.92 Å². The summed E-state index contributed by atoms with van der Waals surface area (Å²) < 4.78 is 4.83. The van der Waals surface area contributed by atoms with Crippen molar-refractivity contribution in [3.63, 3.8) is 0 Å². The summed E-state index contributed by atoms with van der Waals surface area (Å²) in [5.74, 6) is 1.10. The Balaban J connectivity index is 1.80. The number of hydrogen-bond donors (Lipinski definition) is 2. The number of nitrogens with one attached hydrogen (secondary N) is 1.